The molecule has 0 aliphatic heterocycles. The fraction of sp³-hybridized carbons (Fsp3) is 1.00. The molecule has 0 N–H and O–H groups in total. The van der Waals surface area contributed by atoms with Gasteiger partial charge in [0.05, 0.1) is 0 Å². The first kappa shape index (κ1) is 14.7. The van der Waals surface area contributed by atoms with Gasteiger partial charge in [0.1, 0.15) is 0 Å². The van der Waals surface area contributed by atoms with E-state index in [9.17, 15) is 0 Å². The molecule has 2 heteroatoms. The van der Waals surface area contributed by atoms with E-state index in [0.717, 1.165) is 0 Å². The molecule has 0 aliphatic carbocycles. The molecule has 0 aromatic heterocycles. The average Bonchev–Trinajstić information content (AvgIpc) is 2.04. The van der Waals surface area contributed by atoms with Crippen molar-refractivity contribution in [2.45, 2.75) is 52.4 Å². The number of hydrogen-bond donors (Lipinski definition) is 0. The predicted octanol–water partition coefficient (Wildman–Crippen LogP) is 5.33. The Balaban J connectivity index is 3.82. The van der Waals surface area contributed by atoms with Gasteiger partial charge in [0.2, 0.25) is 0 Å². The maximum absolute atomic E-state index is 6.79. The van der Waals surface area contributed by atoms with Crippen LogP contribution in [0.3, 0.4) is 0 Å². The van der Waals surface area contributed by atoms with Gasteiger partial charge in [-0.3, -0.25) is 0 Å². The van der Waals surface area contributed by atoms with E-state index in [1.54, 1.807) is 0 Å². The van der Waals surface area contributed by atoms with Crippen LogP contribution in [0.4, 0.5) is 0 Å². The van der Waals surface area contributed by atoms with Crippen LogP contribution in [-0.4, -0.2) is 25.7 Å². The van der Waals surface area contributed by atoms with Gasteiger partial charge in [-0.05, 0) is 0 Å². The molecule has 0 bridgehead atoms. The van der Waals surface area contributed by atoms with Crippen molar-refractivity contribution in [2.75, 3.05) is 25.7 Å². The third kappa shape index (κ3) is 8.06. The van der Waals surface area contributed by atoms with Crippen molar-refractivity contribution in [2.24, 2.45) is 0 Å². The van der Waals surface area contributed by atoms with E-state index in [4.69, 9.17) is 11.2 Å². The Morgan fingerprint density at radius 3 is 1.43 bits per heavy atom. The standard InChI is InChI=1S/C12H28ClP/c1-5-7-9-11-14(3,4,13)12-10-8-6-2/h5-12H2,1-4H3. The van der Waals surface area contributed by atoms with Crippen molar-refractivity contribution in [3.63, 3.8) is 0 Å². The average molecular weight is 239 g/mol. The Labute approximate surface area is 95.5 Å². The Hall–Kier alpha value is 0.720. The van der Waals surface area contributed by atoms with E-state index >= 15 is 0 Å². The van der Waals surface area contributed by atoms with Crippen molar-refractivity contribution in [1.29, 1.82) is 0 Å². The zero-order valence-electron chi connectivity index (χ0n) is 10.5. The molecule has 0 unspecified atom stereocenters. The number of rotatable bonds is 8. The summed E-state index contributed by atoms with van der Waals surface area (Å²) in [6, 6.07) is 0. The van der Waals surface area contributed by atoms with Crippen LogP contribution in [0.2, 0.25) is 0 Å². The fourth-order valence-electron chi connectivity index (χ4n) is 1.81. The second-order valence-electron chi connectivity index (χ2n) is 5.37. The molecule has 0 amide bonds. The van der Waals surface area contributed by atoms with Gasteiger partial charge in [-0.1, -0.05) is 0 Å². The minimum absolute atomic E-state index is 1.28. The van der Waals surface area contributed by atoms with Crippen molar-refractivity contribution in [3.8, 4) is 0 Å². The molecule has 0 nitrogen and oxygen atoms in total. The Morgan fingerprint density at radius 1 is 0.786 bits per heavy atom. The third-order valence-electron chi connectivity index (χ3n) is 2.90. The summed E-state index contributed by atoms with van der Waals surface area (Å²) in [6.07, 6.45) is 10.5. The quantitative estimate of drug-likeness (QED) is 0.396. The predicted molar refractivity (Wildman–Crippen MR) is 73.4 cm³/mol. The zero-order valence-corrected chi connectivity index (χ0v) is 12.1. The van der Waals surface area contributed by atoms with Crippen LogP contribution < -0.4 is 0 Å². The molecular weight excluding hydrogens is 211 g/mol. The van der Waals surface area contributed by atoms with Crippen LogP contribution in [0.25, 0.3) is 0 Å². The second kappa shape index (κ2) is 6.33. The summed E-state index contributed by atoms with van der Waals surface area (Å²) in [6.45, 7) is 9.20. The van der Waals surface area contributed by atoms with Gasteiger partial charge in [-0.2, -0.15) is 0 Å². The Kier molecular flexibility index (Phi) is 6.66. The topological polar surface area (TPSA) is 0 Å². The van der Waals surface area contributed by atoms with E-state index in [-0.39, 0.29) is 0 Å². The van der Waals surface area contributed by atoms with E-state index in [0.29, 0.717) is 0 Å². The molecule has 0 radical (unpaired) electrons. The summed E-state index contributed by atoms with van der Waals surface area (Å²) in [5.41, 5.74) is 0. The van der Waals surface area contributed by atoms with Crippen molar-refractivity contribution in [1.82, 2.24) is 0 Å². The van der Waals surface area contributed by atoms with Crippen LogP contribution in [0, 0.1) is 0 Å². The fourth-order valence-corrected chi connectivity index (χ4v) is 5.15. The summed E-state index contributed by atoms with van der Waals surface area (Å²) in [5.74, 6) is -1.77. The normalized spacial score (nSPS) is 15.1. The van der Waals surface area contributed by atoms with E-state index < -0.39 is 5.96 Å². The molecule has 14 heavy (non-hydrogen) atoms. The zero-order chi connectivity index (χ0) is 11.1. The van der Waals surface area contributed by atoms with Gasteiger partial charge < -0.3 is 0 Å². The SMILES string of the molecule is CCCCCP(C)(C)(Cl)CCCCC. The molecule has 0 spiro atoms. The number of unbranched alkanes of at least 4 members (excludes halogenated alkanes) is 4. The summed E-state index contributed by atoms with van der Waals surface area (Å²) >= 11 is 6.79. The van der Waals surface area contributed by atoms with Gasteiger partial charge in [0.25, 0.3) is 0 Å². The molecular formula is C12H28ClP. The first-order valence-electron chi connectivity index (χ1n) is 6.11. The Bertz CT molecular complexity index is 132. The molecule has 0 saturated heterocycles. The number of halogens is 1. The monoisotopic (exact) mass is 238 g/mol. The summed E-state index contributed by atoms with van der Waals surface area (Å²) in [4.78, 5) is 0. The molecule has 0 rings (SSSR count). The molecule has 0 saturated carbocycles. The summed E-state index contributed by atoms with van der Waals surface area (Å²) in [7, 11) is 0. The summed E-state index contributed by atoms with van der Waals surface area (Å²) < 4.78 is 0. The minimum atomic E-state index is -1.77. The van der Waals surface area contributed by atoms with Crippen LogP contribution in [0.5, 0.6) is 0 Å². The van der Waals surface area contributed by atoms with Gasteiger partial charge in [-0.25, -0.2) is 0 Å². The first-order chi connectivity index (χ1) is 6.39. The van der Waals surface area contributed by atoms with Crippen molar-refractivity contribution in [3.05, 3.63) is 0 Å². The van der Waals surface area contributed by atoms with Gasteiger partial charge in [-0.15, -0.1) is 0 Å². The van der Waals surface area contributed by atoms with Crippen LogP contribution in [0.15, 0.2) is 0 Å². The van der Waals surface area contributed by atoms with Crippen LogP contribution in [0.1, 0.15) is 52.4 Å². The van der Waals surface area contributed by atoms with Gasteiger partial charge in [0, 0.05) is 0 Å². The van der Waals surface area contributed by atoms with E-state index in [1.165, 1.54) is 50.8 Å². The molecule has 0 aromatic carbocycles. The van der Waals surface area contributed by atoms with Gasteiger partial charge in [0.15, 0.2) is 0 Å². The molecule has 0 heterocycles. The maximum atomic E-state index is 6.79. The van der Waals surface area contributed by atoms with Crippen molar-refractivity contribution < 1.29 is 0 Å². The molecule has 0 aromatic rings. The van der Waals surface area contributed by atoms with E-state index in [2.05, 4.69) is 27.2 Å². The molecule has 0 aliphatic rings. The number of hydrogen-bond acceptors (Lipinski definition) is 0. The van der Waals surface area contributed by atoms with Crippen LogP contribution in [-0.2, 0) is 0 Å². The van der Waals surface area contributed by atoms with Gasteiger partial charge >= 0.3 is 95.2 Å². The molecule has 88 valence electrons. The summed E-state index contributed by atoms with van der Waals surface area (Å²) in [5, 5.41) is 0. The first-order valence-corrected chi connectivity index (χ1v) is 10.5. The molecule has 0 atom stereocenters. The third-order valence-corrected chi connectivity index (χ3v) is 7.31. The van der Waals surface area contributed by atoms with E-state index in [1.807, 2.05) is 0 Å². The van der Waals surface area contributed by atoms with Crippen LogP contribution >= 0.6 is 17.2 Å². The Morgan fingerprint density at radius 2 is 1.14 bits per heavy atom. The second-order valence-corrected chi connectivity index (χ2v) is 14.8. The molecule has 0 fully saturated rings. The van der Waals surface area contributed by atoms with Crippen molar-refractivity contribution >= 4 is 17.2 Å².